The molecular formula is C16H16Cl2N2S. The Hall–Kier alpha value is -1.29. The molecule has 0 unspecified atom stereocenters. The van der Waals surface area contributed by atoms with Gasteiger partial charge in [-0.15, -0.1) is 0 Å². The van der Waals surface area contributed by atoms with Crippen LogP contribution in [0.15, 0.2) is 42.5 Å². The Bertz CT molecular complexity index is 641. The van der Waals surface area contributed by atoms with Crippen LogP contribution in [-0.2, 0) is 6.54 Å². The SMILES string of the molecule is Cc1ccc(NC(=S)N(C)Cc2cccc(Cl)c2Cl)cc1. The highest BCUT2D eigenvalue weighted by Crippen LogP contribution is 2.26. The molecule has 0 aromatic heterocycles. The van der Waals surface area contributed by atoms with E-state index in [1.165, 1.54) is 5.56 Å². The molecule has 1 N–H and O–H groups in total. The number of hydrogen-bond acceptors (Lipinski definition) is 1. The molecule has 0 saturated carbocycles. The summed E-state index contributed by atoms with van der Waals surface area (Å²) in [5.41, 5.74) is 3.12. The van der Waals surface area contributed by atoms with E-state index in [2.05, 4.69) is 12.2 Å². The summed E-state index contributed by atoms with van der Waals surface area (Å²) in [4.78, 5) is 1.92. The number of nitrogens with one attached hydrogen (secondary N) is 1. The maximum absolute atomic E-state index is 6.20. The fraction of sp³-hybridized carbons (Fsp3) is 0.188. The van der Waals surface area contributed by atoms with Gasteiger partial charge in [-0.2, -0.15) is 0 Å². The van der Waals surface area contributed by atoms with Crippen LogP contribution in [0.2, 0.25) is 10.0 Å². The fourth-order valence-corrected chi connectivity index (χ4v) is 2.42. The predicted octanol–water partition coefficient (Wildman–Crippen LogP) is 5.13. The number of halogens is 2. The summed E-state index contributed by atoms with van der Waals surface area (Å²) in [7, 11) is 1.92. The summed E-state index contributed by atoms with van der Waals surface area (Å²) in [5.74, 6) is 0. The van der Waals surface area contributed by atoms with Crippen LogP contribution < -0.4 is 5.32 Å². The third-order valence-corrected chi connectivity index (χ3v) is 4.36. The Morgan fingerprint density at radius 3 is 2.48 bits per heavy atom. The van der Waals surface area contributed by atoms with Crippen LogP contribution >= 0.6 is 35.4 Å². The van der Waals surface area contributed by atoms with Crippen LogP contribution in [0.5, 0.6) is 0 Å². The summed E-state index contributed by atoms with van der Waals surface area (Å²) in [5, 5.41) is 4.97. The monoisotopic (exact) mass is 338 g/mol. The third kappa shape index (κ3) is 4.34. The van der Waals surface area contributed by atoms with E-state index in [9.17, 15) is 0 Å². The Morgan fingerprint density at radius 2 is 1.81 bits per heavy atom. The van der Waals surface area contributed by atoms with Crippen molar-refractivity contribution in [2.24, 2.45) is 0 Å². The molecule has 0 aliphatic rings. The lowest BCUT2D eigenvalue weighted by Crippen LogP contribution is -2.30. The van der Waals surface area contributed by atoms with E-state index in [-0.39, 0.29) is 0 Å². The van der Waals surface area contributed by atoms with Gasteiger partial charge in [0.2, 0.25) is 0 Å². The van der Waals surface area contributed by atoms with Crippen molar-refractivity contribution in [1.82, 2.24) is 4.90 Å². The minimum Gasteiger partial charge on any atom is -0.348 e. The summed E-state index contributed by atoms with van der Waals surface area (Å²) in [6.07, 6.45) is 0. The topological polar surface area (TPSA) is 15.3 Å². The number of aryl methyl sites for hydroxylation is 1. The molecule has 2 rings (SSSR count). The molecule has 0 aliphatic carbocycles. The predicted molar refractivity (Wildman–Crippen MR) is 95.3 cm³/mol. The summed E-state index contributed by atoms with van der Waals surface area (Å²) >= 11 is 17.6. The van der Waals surface area contributed by atoms with Gasteiger partial charge in [0, 0.05) is 19.3 Å². The second-order valence-corrected chi connectivity index (χ2v) is 6.04. The number of thiocarbonyl (C=S) groups is 1. The zero-order valence-electron chi connectivity index (χ0n) is 11.9. The molecule has 2 aromatic carbocycles. The molecule has 110 valence electrons. The average Bonchev–Trinajstić information content (AvgIpc) is 2.46. The van der Waals surface area contributed by atoms with Crippen LogP contribution in [-0.4, -0.2) is 17.1 Å². The van der Waals surface area contributed by atoms with Gasteiger partial charge in [0.05, 0.1) is 10.0 Å². The summed E-state index contributed by atoms with van der Waals surface area (Å²) in [6.45, 7) is 2.65. The second kappa shape index (κ2) is 7.12. The van der Waals surface area contributed by atoms with Gasteiger partial charge in [-0.05, 0) is 42.9 Å². The van der Waals surface area contributed by atoms with Gasteiger partial charge in [-0.1, -0.05) is 53.0 Å². The van der Waals surface area contributed by atoms with Crippen LogP contribution in [0.25, 0.3) is 0 Å². The van der Waals surface area contributed by atoms with E-state index in [0.717, 1.165) is 11.3 Å². The van der Waals surface area contributed by atoms with Gasteiger partial charge < -0.3 is 10.2 Å². The molecule has 0 bridgehead atoms. The lowest BCUT2D eigenvalue weighted by molar-refractivity contribution is 0.508. The molecule has 2 aromatic rings. The van der Waals surface area contributed by atoms with Crippen LogP contribution in [0.3, 0.4) is 0 Å². The molecule has 0 atom stereocenters. The lowest BCUT2D eigenvalue weighted by atomic mass is 10.2. The Balaban J connectivity index is 2.02. The Labute approximate surface area is 140 Å². The van der Waals surface area contributed by atoms with Gasteiger partial charge in [0.25, 0.3) is 0 Å². The van der Waals surface area contributed by atoms with E-state index in [1.54, 1.807) is 6.07 Å². The second-order valence-electron chi connectivity index (χ2n) is 4.87. The minimum atomic E-state index is 0.556. The zero-order chi connectivity index (χ0) is 15.4. The van der Waals surface area contributed by atoms with Crippen molar-refractivity contribution >= 4 is 46.2 Å². The lowest BCUT2D eigenvalue weighted by Gasteiger charge is -2.22. The van der Waals surface area contributed by atoms with Gasteiger partial charge in [-0.25, -0.2) is 0 Å². The van der Waals surface area contributed by atoms with Gasteiger partial charge in [0.15, 0.2) is 5.11 Å². The van der Waals surface area contributed by atoms with E-state index < -0.39 is 0 Å². The molecule has 0 fully saturated rings. The van der Waals surface area contributed by atoms with Crippen LogP contribution in [0.1, 0.15) is 11.1 Å². The molecule has 0 heterocycles. The first-order chi connectivity index (χ1) is 9.97. The molecule has 0 amide bonds. The molecule has 0 aliphatic heterocycles. The standard InChI is InChI=1S/C16H16Cl2N2S/c1-11-6-8-13(9-7-11)19-16(21)20(2)10-12-4-3-5-14(17)15(12)18/h3-9H,10H2,1-2H3,(H,19,21). The quantitative estimate of drug-likeness (QED) is 0.781. The Morgan fingerprint density at radius 1 is 1.14 bits per heavy atom. The maximum atomic E-state index is 6.20. The van der Waals surface area contributed by atoms with E-state index in [4.69, 9.17) is 35.4 Å². The molecule has 0 spiro atoms. The number of rotatable bonds is 3. The first kappa shape index (κ1) is 16.1. The summed E-state index contributed by atoms with van der Waals surface area (Å²) in [6, 6.07) is 13.7. The molecular weight excluding hydrogens is 323 g/mol. The van der Waals surface area contributed by atoms with Crippen molar-refractivity contribution in [3.63, 3.8) is 0 Å². The van der Waals surface area contributed by atoms with Crippen molar-refractivity contribution in [3.05, 3.63) is 63.6 Å². The van der Waals surface area contributed by atoms with Crippen molar-refractivity contribution in [1.29, 1.82) is 0 Å². The van der Waals surface area contributed by atoms with Crippen LogP contribution in [0.4, 0.5) is 5.69 Å². The molecule has 0 radical (unpaired) electrons. The van der Waals surface area contributed by atoms with Gasteiger partial charge in [-0.3, -0.25) is 0 Å². The third-order valence-electron chi connectivity index (χ3n) is 3.09. The molecule has 2 nitrogen and oxygen atoms in total. The summed E-state index contributed by atoms with van der Waals surface area (Å²) < 4.78 is 0. The highest BCUT2D eigenvalue weighted by atomic mass is 35.5. The first-order valence-corrected chi connectivity index (χ1v) is 7.65. The molecule has 21 heavy (non-hydrogen) atoms. The average molecular weight is 339 g/mol. The Kier molecular flexibility index (Phi) is 5.45. The first-order valence-electron chi connectivity index (χ1n) is 6.49. The molecule has 0 saturated heterocycles. The van der Waals surface area contributed by atoms with E-state index >= 15 is 0 Å². The number of nitrogens with zero attached hydrogens (tertiary/aromatic N) is 1. The van der Waals surface area contributed by atoms with Crippen molar-refractivity contribution < 1.29 is 0 Å². The number of benzene rings is 2. The largest absolute Gasteiger partial charge is 0.348 e. The highest BCUT2D eigenvalue weighted by molar-refractivity contribution is 7.80. The highest BCUT2D eigenvalue weighted by Gasteiger charge is 2.10. The van der Waals surface area contributed by atoms with Crippen molar-refractivity contribution in [3.8, 4) is 0 Å². The zero-order valence-corrected chi connectivity index (χ0v) is 14.2. The minimum absolute atomic E-state index is 0.556. The normalized spacial score (nSPS) is 10.3. The smallest absolute Gasteiger partial charge is 0.173 e. The van der Waals surface area contributed by atoms with Gasteiger partial charge >= 0.3 is 0 Å². The number of hydrogen-bond donors (Lipinski definition) is 1. The van der Waals surface area contributed by atoms with E-state index in [1.807, 2.05) is 48.3 Å². The van der Waals surface area contributed by atoms with Crippen molar-refractivity contribution in [2.75, 3.05) is 12.4 Å². The molecule has 5 heteroatoms. The fourth-order valence-electron chi connectivity index (χ4n) is 1.85. The maximum Gasteiger partial charge on any atom is 0.173 e. The van der Waals surface area contributed by atoms with Gasteiger partial charge in [0.1, 0.15) is 0 Å². The van der Waals surface area contributed by atoms with Crippen molar-refractivity contribution in [2.45, 2.75) is 13.5 Å². The van der Waals surface area contributed by atoms with Crippen LogP contribution in [0, 0.1) is 6.92 Å². The number of anilines is 1. The van der Waals surface area contributed by atoms with E-state index in [0.29, 0.717) is 21.7 Å².